The van der Waals surface area contributed by atoms with Crippen molar-refractivity contribution in [2.24, 2.45) is 0 Å². The van der Waals surface area contributed by atoms with Gasteiger partial charge in [0.25, 0.3) is 0 Å². The van der Waals surface area contributed by atoms with E-state index in [0.29, 0.717) is 6.17 Å². The molecule has 1 heterocycles. The summed E-state index contributed by atoms with van der Waals surface area (Å²) in [7, 11) is 0. The Morgan fingerprint density at radius 2 is 1.35 bits per heavy atom. The fraction of sp³-hybridized carbons (Fsp3) is 0.867. The van der Waals surface area contributed by atoms with E-state index in [-0.39, 0.29) is 0 Å². The summed E-state index contributed by atoms with van der Waals surface area (Å²) in [5.74, 6) is 0. The van der Waals surface area contributed by atoms with Gasteiger partial charge >= 0.3 is 0 Å². The third-order valence-corrected chi connectivity index (χ3v) is 3.55. The Hall–Kier alpha value is -0.660. The third-order valence-electron chi connectivity index (χ3n) is 3.55. The van der Waals surface area contributed by atoms with Gasteiger partial charge in [-0.2, -0.15) is 0 Å². The largest absolute Gasteiger partial charge is 0.356 e. The van der Waals surface area contributed by atoms with Gasteiger partial charge in [0.1, 0.15) is 6.17 Å². The van der Waals surface area contributed by atoms with Gasteiger partial charge in [-0.25, -0.2) is 0 Å². The SMILES string of the molecule is CCCCCN1C=CN(CCCC)C1CCC. The third kappa shape index (κ3) is 4.61. The molecule has 0 saturated heterocycles. The Balaban J connectivity index is 2.39. The monoisotopic (exact) mass is 238 g/mol. The summed E-state index contributed by atoms with van der Waals surface area (Å²) in [5, 5.41) is 0. The highest BCUT2D eigenvalue weighted by Crippen LogP contribution is 2.21. The van der Waals surface area contributed by atoms with Crippen LogP contribution in [0.15, 0.2) is 12.4 Å². The first-order valence-corrected chi connectivity index (χ1v) is 7.53. The lowest BCUT2D eigenvalue weighted by Gasteiger charge is -2.32. The van der Waals surface area contributed by atoms with Gasteiger partial charge in [0.05, 0.1) is 0 Å². The zero-order valence-electron chi connectivity index (χ0n) is 12.0. The van der Waals surface area contributed by atoms with Crippen LogP contribution in [0.1, 0.15) is 65.7 Å². The van der Waals surface area contributed by atoms with Crippen LogP contribution in [-0.4, -0.2) is 29.1 Å². The zero-order chi connectivity index (χ0) is 12.5. The number of nitrogens with zero attached hydrogens (tertiary/aromatic N) is 2. The lowest BCUT2D eigenvalue weighted by atomic mass is 10.2. The number of rotatable bonds is 9. The normalized spacial score (nSPS) is 19.4. The van der Waals surface area contributed by atoms with Crippen molar-refractivity contribution in [1.29, 1.82) is 0 Å². The molecule has 0 bridgehead atoms. The average Bonchev–Trinajstić information content (AvgIpc) is 2.71. The summed E-state index contributed by atoms with van der Waals surface area (Å²) in [6, 6.07) is 0. The number of unbranched alkanes of at least 4 members (excludes halogenated alkanes) is 3. The van der Waals surface area contributed by atoms with E-state index >= 15 is 0 Å². The lowest BCUT2D eigenvalue weighted by molar-refractivity contribution is 0.139. The van der Waals surface area contributed by atoms with Crippen molar-refractivity contribution in [1.82, 2.24) is 9.80 Å². The summed E-state index contributed by atoms with van der Waals surface area (Å²) in [4.78, 5) is 5.09. The van der Waals surface area contributed by atoms with E-state index in [0.717, 1.165) is 0 Å². The summed E-state index contributed by atoms with van der Waals surface area (Å²) >= 11 is 0. The molecule has 0 spiro atoms. The Kier molecular flexibility index (Phi) is 7.14. The van der Waals surface area contributed by atoms with E-state index in [4.69, 9.17) is 0 Å². The van der Waals surface area contributed by atoms with Gasteiger partial charge in [0.2, 0.25) is 0 Å². The van der Waals surface area contributed by atoms with Gasteiger partial charge < -0.3 is 9.80 Å². The highest BCUT2D eigenvalue weighted by atomic mass is 15.4. The van der Waals surface area contributed by atoms with Crippen LogP contribution in [0, 0.1) is 0 Å². The zero-order valence-corrected chi connectivity index (χ0v) is 12.0. The van der Waals surface area contributed by atoms with Gasteiger partial charge in [-0.05, 0) is 19.3 Å². The van der Waals surface area contributed by atoms with Crippen LogP contribution in [0.4, 0.5) is 0 Å². The fourth-order valence-corrected chi connectivity index (χ4v) is 2.48. The van der Waals surface area contributed by atoms with Crippen LogP contribution in [0.25, 0.3) is 0 Å². The maximum absolute atomic E-state index is 2.55. The molecule has 0 saturated carbocycles. The highest BCUT2D eigenvalue weighted by molar-refractivity contribution is 4.96. The van der Waals surface area contributed by atoms with Crippen molar-refractivity contribution in [3.05, 3.63) is 12.4 Å². The van der Waals surface area contributed by atoms with E-state index in [9.17, 15) is 0 Å². The van der Waals surface area contributed by atoms with E-state index in [1.165, 1.54) is 58.0 Å². The van der Waals surface area contributed by atoms with Crippen molar-refractivity contribution < 1.29 is 0 Å². The molecule has 0 N–H and O–H groups in total. The standard InChI is InChI=1S/C15H30N2/c1-4-7-9-12-17-14-13-16(11-8-5-2)15(17)10-6-3/h13-15H,4-12H2,1-3H3. The van der Waals surface area contributed by atoms with Crippen LogP contribution >= 0.6 is 0 Å². The fourth-order valence-electron chi connectivity index (χ4n) is 2.48. The molecule has 0 aliphatic carbocycles. The second-order valence-corrected chi connectivity index (χ2v) is 5.10. The van der Waals surface area contributed by atoms with E-state index < -0.39 is 0 Å². The quantitative estimate of drug-likeness (QED) is 0.556. The van der Waals surface area contributed by atoms with E-state index in [1.54, 1.807) is 0 Å². The number of hydrogen-bond acceptors (Lipinski definition) is 2. The maximum Gasteiger partial charge on any atom is 0.101 e. The van der Waals surface area contributed by atoms with E-state index in [1.807, 2.05) is 0 Å². The van der Waals surface area contributed by atoms with Gasteiger partial charge in [-0.1, -0.05) is 46.5 Å². The Morgan fingerprint density at radius 1 is 0.765 bits per heavy atom. The minimum atomic E-state index is 0.642. The van der Waals surface area contributed by atoms with Gasteiger partial charge in [-0.15, -0.1) is 0 Å². The summed E-state index contributed by atoms with van der Waals surface area (Å²) in [6.45, 7) is 9.30. The molecule has 1 aliphatic heterocycles. The van der Waals surface area contributed by atoms with Crippen molar-refractivity contribution in [2.45, 2.75) is 71.9 Å². The predicted octanol–water partition coefficient (Wildman–Crippen LogP) is 4.19. The molecule has 0 radical (unpaired) electrons. The highest BCUT2D eigenvalue weighted by Gasteiger charge is 2.24. The predicted molar refractivity (Wildman–Crippen MR) is 75.7 cm³/mol. The van der Waals surface area contributed by atoms with Crippen LogP contribution in [-0.2, 0) is 0 Å². The molecule has 1 rings (SSSR count). The van der Waals surface area contributed by atoms with Crippen molar-refractivity contribution in [3.63, 3.8) is 0 Å². The van der Waals surface area contributed by atoms with Gasteiger partial charge in [-0.3, -0.25) is 0 Å². The molecule has 2 heteroatoms. The molecule has 0 amide bonds. The minimum absolute atomic E-state index is 0.642. The number of hydrogen-bond donors (Lipinski definition) is 0. The van der Waals surface area contributed by atoms with E-state index in [2.05, 4.69) is 43.0 Å². The Labute approximate surface area is 108 Å². The Morgan fingerprint density at radius 3 is 1.88 bits per heavy atom. The molecular weight excluding hydrogens is 208 g/mol. The molecule has 1 unspecified atom stereocenters. The smallest absolute Gasteiger partial charge is 0.101 e. The Bertz CT molecular complexity index is 213. The molecular formula is C15H30N2. The summed E-state index contributed by atoms with van der Waals surface area (Å²) in [6.07, 6.45) is 14.4. The first kappa shape index (κ1) is 14.4. The molecule has 0 fully saturated rings. The van der Waals surface area contributed by atoms with Crippen LogP contribution in [0.5, 0.6) is 0 Å². The summed E-state index contributed by atoms with van der Waals surface area (Å²) < 4.78 is 0. The average molecular weight is 238 g/mol. The topological polar surface area (TPSA) is 6.48 Å². The first-order chi connectivity index (χ1) is 8.33. The molecule has 100 valence electrons. The molecule has 17 heavy (non-hydrogen) atoms. The molecule has 0 aromatic rings. The van der Waals surface area contributed by atoms with Gasteiger partial charge in [0, 0.05) is 25.5 Å². The minimum Gasteiger partial charge on any atom is -0.356 e. The first-order valence-electron chi connectivity index (χ1n) is 7.53. The van der Waals surface area contributed by atoms with Crippen molar-refractivity contribution in [3.8, 4) is 0 Å². The molecule has 2 nitrogen and oxygen atoms in total. The maximum atomic E-state index is 2.55. The molecule has 0 aromatic heterocycles. The molecule has 1 atom stereocenters. The second-order valence-electron chi connectivity index (χ2n) is 5.10. The molecule has 0 aromatic carbocycles. The van der Waals surface area contributed by atoms with Crippen molar-refractivity contribution in [2.75, 3.05) is 13.1 Å². The van der Waals surface area contributed by atoms with Crippen molar-refractivity contribution >= 4 is 0 Å². The van der Waals surface area contributed by atoms with Gasteiger partial charge in [0.15, 0.2) is 0 Å². The van der Waals surface area contributed by atoms with Crippen LogP contribution in [0.3, 0.4) is 0 Å². The molecule has 1 aliphatic rings. The summed E-state index contributed by atoms with van der Waals surface area (Å²) in [5.41, 5.74) is 0. The lowest BCUT2D eigenvalue weighted by Crippen LogP contribution is -2.39. The van der Waals surface area contributed by atoms with Crippen LogP contribution < -0.4 is 0 Å². The van der Waals surface area contributed by atoms with Crippen LogP contribution in [0.2, 0.25) is 0 Å². The second kappa shape index (κ2) is 8.43.